The van der Waals surface area contributed by atoms with Crippen molar-refractivity contribution in [2.45, 2.75) is 25.3 Å². The van der Waals surface area contributed by atoms with Gasteiger partial charge in [-0.15, -0.1) is 0 Å². The monoisotopic (exact) mass is 278 g/mol. The summed E-state index contributed by atoms with van der Waals surface area (Å²) in [7, 11) is 0. The Labute approximate surface area is 118 Å². The molecular weight excluding hydrogens is 259 g/mol. The molecule has 1 aromatic carbocycles. The molecule has 4 nitrogen and oxygen atoms in total. The molecule has 1 saturated heterocycles. The Morgan fingerprint density at radius 2 is 2.00 bits per heavy atom. The molecule has 1 fully saturated rings. The lowest BCUT2D eigenvalue weighted by Gasteiger charge is -2.32. The van der Waals surface area contributed by atoms with E-state index in [4.69, 9.17) is 0 Å². The van der Waals surface area contributed by atoms with Crippen LogP contribution in [0.4, 0.5) is 4.39 Å². The predicted octanol–water partition coefficient (Wildman–Crippen LogP) is 1.61. The van der Waals surface area contributed by atoms with Crippen LogP contribution in [0.5, 0.6) is 0 Å². The van der Waals surface area contributed by atoms with Crippen molar-refractivity contribution in [1.29, 1.82) is 0 Å². The molecule has 0 radical (unpaired) electrons. The molecule has 20 heavy (non-hydrogen) atoms. The maximum atomic E-state index is 12.7. The Hall–Kier alpha value is -1.91. The van der Waals surface area contributed by atoms with E-state index in [9.17, 15) is 14.0 Å². The van der Waals surface area contributed by atoms with Crippen LogP contribution in [0.2, 0.25) is 0 Å². The second-order valence-corrected chi connectivity index (χ2v) is 5.12. The van der Waals surface area contributed by atoms with E-state index in [0.717, 1.165) is 5.56 Å². The second kappa shape index (κ2) is 6.03. The fourth-order valence-electron chi connectivity index (χ4n) is 2.48. The fraction of sp³-hybridized carbons (Fsp3) is 0.467. The summed E-state index contributed by atoms with van der Waals surface area (Å²) in [4.78, 5) is 26.2. The van der Waals surface area contributed by atoms with Crippen molar-refractivity contribution >= 4 is 11.8 Å². The SMILES string of the molecule is CC1(c2ccccc2)NC(=O)CCN(CCCF)C1=O. The van der Waals surface area contributed by atoms with Gasteiger partial charge in [0.2, 0.25) is 5.91 Å². The lowest BCUT2D eigenvalue weighted by molar-refractivity contribution is -0.138. The van der Waals surface area contributed by atoms with Crippen LogP contribution >= 0.6 is 0 Å². The highest BCUT2D eigenvalue weighted by Gasteiger charge is 2.41. The topological polar surface area (TPSA) is 49.4 Å². The summed E-state index contributed by atoms with van der Waals surface area (Å²) in [6.07, 6.45) is 0.547. The van der Waals surface area contributed by atoms with Crippen molar-refractivity contribution in [3.05, 3.63) is 35.9 Å². The summed E-state index contributed by atoms with van der Waals surface area (Å²) in [6.45, 7) is 1.92. The predicted molar refractivity (Wildman–Crippen MR) is 73.7 cm³/mol. The maximum Gasteiger partial charge on any atom is 0.252 e. The number of nitrogens with one attached hydrogen (secondary N) is 1. The van der Waals surface area contributed by atoms with E-state index >= 15 is 0 Å². The van der Waals surface area contributed by atoms with E-state index in [-0.39, 0.29) is 18.2 Å². The summed E-state index contributed by atoms with van der Waals surface area (Å²) < 4.78 is 12.3. The number of carbonyl (C=O) groups is 2. The number of nitrogens with zero attached hydrogens (tertiary/aromatic N) is 1. The minimum absolute atomic E-state index is 0.160. The number of hydrogen-bond donors (Lipinski definition) is 1. The van der Waals surface area contributed by atoms with Gasteiger partial charge < -0.3 is 10.2 Å². The van der Waals surface area contributed by atoms with Crippen molar-refractivity contribution in [1.82, 2.24) is 10.2 Å². The third-order valence-electron chi connectivity index (χ3n) is 3.63. The number of benzene rings is 1. The van der Waals surface area contributed by atoms with Gasteiger partial charge in [0, 0.05) is 19.5 Å². The van der Waals surface area contributed by atoms with Gasteiger partial charge in [0.05, 0.1) is 6.67 Å². The van der Waals surface area contributed by atoms with Crippen molar-refractivity contribution < 1.29 is 14.0 Å². The van der Waals surface area contributed by atoms with Crippen molar-refractivity contribution in [3.8, 4) is 0 Å². The van der Waals surface area contributed by atoms with E-state index in [1.54, 1.807) is 11.8 Å². The normalized spacial score (nSPS) is 23.4. The smallest absolute Gasteiger partial charge is 0.252 e. The summed E-state index contributed by atoms with van der Waals surface area (Å²) in [6, 6.07) is 9.15. The lowest BCUT2D eigenvalue weighted by Crippen LogP contribution is -2.52. The average Bonchev–Trinajstić information content (AvgIpc) is 2.57. The van der Waals surface area contributed by atoms with Gasteiger partial charge in [0.15, 0.2) is 0 Å². The van der Waals surface area contributed by atoms with Crippen LogP contribution < -0.4 is 5.32 Å². The Kier molecular flexibility index (Phi) is 4.37. The van der Waals surface area contributed by atoms with E-state index in [1.807, 2.05) is 30.3 Å². The van der Waals surface area contributed by atoms with Gasteiger partial charge in [-0.05, 0) is 18.9 Å². The largest absolute Gasteiger partial charge is 0.340 e. The quantitative estimate of drug-likeness (QED) is 0.909. The van der Waals surface area contributed by atoms with Crippen LogP contribution in [0.15, 0.2) is 30.3 Å². The Bertz CT molecular complexity index is 492. The maximum absolute atomic E-state index is 12.7. The molecule has 1 aromatic rings. The molecule has 2 amide bonds. The molecule has 0 spiro atoms. The first-order valence-electron chi connectivity index (χ1n) is 6.80. The summed E-state index contributed by atoms with van der Waals surface area (Å²) in [5, 5.41) is 2.80. The number of hydrogen-bond acceptors (Lipinski definition) is 2. The summed E-state index contributed by atoms with van der Waals surface area (Å²) >= 11 is 0. The molecule has 1 atom stereocenters. The van der Waals surface area contributed by atoms with Gasteiger partial charge in [0.25, 0.3) is 5.91 Å². The van der Waals surface area contributed by atoms with Crippen LogP contribution in [0.3, 0.4) is 0 Å². The average molecular weight is 278 g/mol. The zero-order valence-electron chi connectivity index (χ0n) is 11.6. The Balaban J connectivity index is 2.33. The van der Waals surface area contributed by atoms with Crippen molar-refractivity contribution in [2.75, 3.05) is 19.8 Å². The molecule has 108 valence electrons. The summed E-state index contributed by atoms with van der Waals surface area (Å²) in [5.74, 6) is -0.338. The van der Waals surface area contributed by atoms with Crippen molar-refractivity contribution in [2.24, 2.45) is 0 Å². The Morgan fingerprint density at radius 3 is 2.65 bits per heavy atom. The van der Waals surface area contributed by atoms with E-state index < -0.39 is 12.2 Å². The van der Waals surface area contributed by atoms with Crippen molar-refractivity contribution in [3.63, 3.8) is 0 Å². The molecule has 0 aromatic heterocycles. The number of rotatable bonds is 4. The van der Waals surface area contributed by atoms with Crippen LogP contribution in [0.1, 0.15) is 25.3 Å². The van der Waals surface area contributed by atoms with Gasteiger partial charge in [0.1, 0.15) is 5.54 Å². The molecule has 1 heterocycles. The van der Waals surface area contributed by atoms with Gasteiger partial charge in [-0.3, -0.25) is 14.0 Å². The molecule has 0 saturated carbocycles. The number of halogens is 1. The molecule has 0 aliphatic carbocycles. The Morgan fingerprint density at radius 1 is 1.30 bits per heavy atom. The lowest BCUT2D eigenvalue weighted by atomic mass is 9.90. The molecule has 0 bridgehead atoms. The standard InChI is InChI=1S/C15H19FN2O2/c1-15(12-6-3-2-4-7-12)14(20)18(10-5-9-16)11-8-13(19)17-15/h2-4,6-7H,5,8-11H2,1H3,(H,17,19). The number of amides is 2. The van der Waals surface area contributed by atoms with Gasteiger partial charge in [-0.25, -0.2) is 0 Å². The van der Waals surface area contributed by atoms with Crippen LogP contribution in [0.25, 0.3) is 0 Å². The highest BCUT2D eigenvalue weighted by Crippen LogP contribution is 2.25. The molecule has 1 aliphatic heterocycles. The van der Waals surface area contributed by atoms with Gasteiger partial charge in [-0.2, -0.15) is 0 Å². The van der Waals surface area contributed by atoms with Gasteiger partial charge >= 0.3 is 0 Å². The third kappa shape index (κ3) is 2.81. The highest BCUT2D eigenvalue weighted by molar-refractivity contribution is 5.94. The highest BCUT2D eigenvalue weighted by atomic mass is 19.1. The molecule has 1 N–H and O–H groups in total. The first kappa shape index (κ1) is 14.5. The zero-order valence-corrected chi connectivity index (χ0v) is 11.6. The third-order valence-corrected chi connectivity index (χ3v) is 3.63. The minimum Gasteiger partial charge on any atom is -0.340 e. The fourth-order valence-corrected chi connectivity index (χ4v) is 2.48. The van der Waals surface area contributed by atoms with Gasteiger partial charge in [-0.1, -0.05) is 30.3 Å². The van der Waals surface area contributed by atoms with Crippen LogP contribution in [-0.4, -0.2) is 36.5 Å². The minimum atomic E-state index is -1.08. The number of alkyl halides is 1. The molecule has 2 rings (SSSR count). The molecular formula is C15H19FN2O2. The van der Waals surface area contributed by atoms with E-state index in [0.29, 0.717) is 19.5 Å². The van der Waals surface area contributed by atoms with E-state index in [2.05, 4.69) is 5.32 Å². The molecule has 5 heteroatoms. The van der Waals surface area contributed by atoms with Crippen LogP contribution in [0, 0.1) is 0 Å². The zero-order chi connectivity index (χ0) is 14.6. The first-order chi connectivity index (χ1) is 9.58. The van der Waals surface area contributed by atoms with Crippen LogP contribution in [-0.2, 0) is 15.1 Å². The number of carbonyl (C=O) groups excluding carboxylic acids is 2. The van der Waals surface area contributed by atoms with E-state index in [1.165, 1.54) is 0 Å². The summed E-state index contributed by atoms with van der Waals surface area (Å²) in [5.41, 5.74) is -0.337. The molecule has 1 aliphatic rings. The second-order valence-electron chi connectivity index (χ2n) is 5.12. The first-order valence-corrected chi connectivity index (χ1v) is 6.80. The molecule has 1 unspecified atom stereocenters.